The van der Waals surface area contributed by atoms with Crippen LogP contribution in [0.4, 0.5) is 0 Å². The molecule has 0 saturated heterocycles. The summed E-state index contributed by atoms with van der Waals surface area (Å²) in [6, 6.07) is 0. The van der Waals surface area contributed by atoms with Gasteiger partial charge in [-0.2, -0.15) is 6.08 Å². The minimum Gasteiger partial charge on any atom is -0.870 e. The molecule has 0 unspecified atom stereocenters. The zero-order valence-electron chi connectivity index (χ0n) is 26.7. The summed E-state index contributed by atoms with van der Waals surface area (Å²) in [5.74, 6) is -1.43. The van der Waals surface area contributed by atoms with E-state index in [0.29, 0.717) is 12.2 Å². The number of esters is 1. The monoisotopic (exact) mass is 595 g/mol. The van der Waals surface area contributed by atoms with Crippen molar-refractivity contribution in [3.63, 3.8) is 0 Å². The van der Waals surface area contributed by atoms with Crippen molar-refractivity contribution < 1.29 is 93.6 Å². The molecule has 1 N–H and O–H groups in total. The topological polar surface area (TPSA) is 131 Å². The zero-order chi connectivity index (χ0) is 30.2. The van der Waals surface area contributed by atoms with E-state index in [-0.39, 0.29) is 81.9 Å². The number of carboxylic acid groups (broad SMARTS) is 1. The number of hydrogen-bond donors (Lipinski definition) is 0. The summed E-state index contributed by atoms with van der Waals surface area (Å²) in [4.78, 5) is 42.7. The zero-order valence-corrected chi connectivity index (χ0v) is 30.7. The summed E-state index contributed by atoms with van der Waals surface area (Å²) in [6.45, 7) is 14.4. The minimum absolute atomic E-state index is 0. The smallest absolute Gasteiger partial charge is 0.870 e. The maximum absolute atomic E-state index is 11.4. The summed E-state index contributed by atoms with van der Waals surface area (Å²) in [7, 11) is 0. The predicted octanol–water partition coefficient (Wildman–Crippen LogP) is -0.282. The molecular formula is C33H41Na2O7-. The average molecular weight is 596 g/mol. The number of ether oxygens (including phenoxy) is 1. The molecule has 0 fully saturated rings. The first-order valence-electron chi connectivity index (χ1n) is 12.4. The van der Waals surface area contributed by atoms with Crippen molar-refractivity contribution in [2.24, 2.45) is 0 Å². The third kappa shape index (κ3) is 32.2. The fourth-order valence-electron chi connectivity index (χ4n) is 2.50. The molecule has 0 aliphatic rings. The number of carbonyl (C=O) groups is 3. The Morgan fingerprint density at radius 2 is 1.07 bits per heavy atom. The molecule has 42 heavy (non-hydrogen) atoms. The summed E-state index contributed by atoms with van der Waals surface area (Å²) >= 11 is 0. The number of rotatable bonds is 13. The van der Waals surface area contributed by atoms with Crippen LogP contribution in [0.15, 0.2) is 119 Å². The Bertz CT molecular complexity index is 1160. The van der Waals surface area contributed by atoms with Crippen LogP contribution in [0.5, 0.6) is 0 Å². The summed E-state index contributed by atoms with van der Waals surface area (Å²) in [5, 5.41) is 10.5. The number of aliphatic carboxylic acids is 1. The van der Waals surface area contributed by atoms with Crippen molar-refractivity contribution in [2.75, 3.05) is 6.61 Å². The van der Waals surface area contributed by atoms with Gasteiger partial charge in [-0.25, -0.2) is 10.9 Å². The fourth-order valence-corrected chi connectivity index (χ4v) is 2.50. The van der Waals surface area contributed by atoms with Crippen LogP contribution in [-0.4, -0.2) is 36.1 Å². The molecular weight excluding hydrogens is 554 g/mol. The van der Waals surface area contributed by atoms with E-state index in [1.807, 2.05) is 51.2 Å². The first-order valence-corrected chi connectivity index (χ1v) is 12.4. The summed E-state index contributed by atoms with van der Waals surface area (Å²) in [5.41, 5.74) is 4.45. The molecule has 0 aromatic carbocycles. The Balaban J connectivity index is -0.000000205. The van der Waals surface area contributed by atoms with E-state index in [1.165, 1.54) is 32.1 Å². The van der Waals surface area contributed by atoms with Crippen molar-refractivity contribution in [3.05, 3.63) is 119 Å². The van der Waals surface area contributed by atoms with Crippen LogP contribution < -0.4 is 64.2 Å². The molecule has 7 nitrogen and oxygen atoms in total. The van der Waals surface area contributed by atoms with Crippen molar-refractivity contribution in [1.29, 1.82) is 0 Å². The van der Waals surface area contributed by atoms with Crippen LogP contribution in [0.25, 0.3) is 0 Å². The van der Waals surface area contributed by atoms with Crippen molar-refractivity contribution in [1.82, 2.24) is 0 Å². The number of hydrogen-bond acceptors (Lipinski definition) is 7. The second kappa shape index (κ2) is 31.6. The maximum atomic E-state index is 11.4. The van der Waals surface area contributed by atoms with Gasteiger partial charge in [-0.1, -0.05) is 84.4 Å². The number of ketones is 1. The van der Waals surface area contributed by atoms with Gasteiger partial charge < -0.3 is 24.9 Å². The van der Waals surface area contributed by atoms with Crippen LogP contribution in [0.2, 0.25) is 0 Å². The standard InChI is InChI=1S/C18H24O3.C15H17O3.2Na.H2O/c1-6-21-18(20)16(4)13-15(3)10-8-7-9-14(2)11-12-17(5)19;1-12(9-6-10-16)7-4-5-8-13(2)11-14(3)15(17)18;;;/h7-13H,6H2,1-5H3;4-9,11H,1-3H3,(H,17,18);;;1H2/q;-1;2*+1;/p-2/b8-7+,12-11+,14-9+,15-10+,16-13+;5-4+,9-6+,12-7+,13-8+,14-11+;;;. The summed E-state index contributed by atoms with van der Waals surface area (Å²) < 4.78 is 4.91. The number of allylic oxidation sites excluding steroid dienone is 18. The van der Waals surface area contributed by atoms with Gasteiger partial charge in [0, 0.05) is 5.57 Å². The van der Waals surface area contributed by atoms with Gasteiger partial charge in [-0.3, -0.25) is 4.79 Å². The molecule has 0 aromatic heterocycles. The summed E-state index contributed by atoms with van der Waals surface area (Å²) in [6.07, 6.45) is 26.0. The van der Waals surface area contributed by atoms with Crippen LogP contribution in [0.1, 0.15) is 55.4 Å². The third-order valence-electron chi connectivity index (χ3n) is 4.46. The second-order valence-electron chi connectivity index (χ2n) is 8.47. The first kappa shape index (κ1) is 49.3. The van der Waals surface area contributed by atoms with Crippen LogP contribution in [-0.2, 0) is 23.9 Å². The normalized spacial score (nSPS) is 13.2. The van der Waals surface area contributed by atoms with Crippen LogP contribution >= 0.6 is 0 Å². The van der Waals surface area contributed by atoms with Gasteiger partial charge >= 0.3 is 65.1 Å². The largest absolute Gasteiger partial charge is 1.00 e. The Hall–Kier alpha value is -2.36. The maximum Gasteiger partial charge on any atom is 1.00 e. The van der Waals surface area contributed by atoms with Gasteiger partial charge in [0.05, 0.1) is 12.6 Å². The molecule has 0 spiro atoms. The molecule has 218 valence electrons. The average Bonchev–Trinajstić information content (AvgIpc) is 2.87. The number of carboxylic acids is 1. The van der Waals surface area contributed by atoms with Crippen LogP contribution in [0, 0.1) is 0 Å². The van der Waals surface area contributed by atoms with E-state index in [2.05, 4.69) is 0 Å². The van der Waals surface area contributed by atoms with E-state index in [9.17, 15) is 24.3 Å². The van der Waals surface area contributed by atoms with Crippen molar-refractivity contribution in [2.45, 2.75) is 55.4 Å². The molecule has 0 heterocycles. The Kier molecular flexibility index (Phi) is 37.1. The molecule has 0 rings (SSSR count). The van der Waals surface area contributed by atoms with Gasteiger partial charge in [0.1, 0.15) is 0 Å². The van der Waals surface area contributed by atoms with Crippen molar-refractivity contribution in [3.8, 4) is 0 Å². The Morgan fingerprint density at radius 3 is 1.45 bits per heavy atom. The molecule has 0 aromatic rings. The Morgan fingerprint density at radius 1 is 0.667 bits per heavy atom. The third-order valence-corrected chi connectivity index (χ3v) is 4.46. The minimum atomic E-state index is -1.17. The van der Waals surface area contributed by atoms with Gasteiger partial charge in [0.25, 0.3) is 0 Å². The van der Waals surface area contributed by atoms with Gasteiger partial charge in [0.15, 0.2) is 5.78 Å². The number of carbonyl (C=O) groups excluding carboxylic acids is 4. The molecule has 0 aliphatic heterocycles. The molecule has 0 aliphatic carbocycles. The SMILES string of the molecule is CC(/C=C/[C-]=O)=C\C=C\C=C(C)\C=C(/C)C(=O)[O-].CCOC(=O)/C(C)=C/C(C)=C/C=C/C=C(C)/C=C/C(C)=O.[Na+].[Na+].[OH-]. The first-order chi connectivity index (χ1) is 18.3. The molecule has 0 radical (unpaired) electrons. The molecule has 0 saturated carbocycles. The predicted molar refractivity (Wildman–Crippen MR) is 159 cm³/mol. The van der Waals surface area contributed by atoms with Gasteiger partial charge in [0.2, 0.25) is 0 Å². The van der Waals surface area contributed by atoms with E-state index < -0.39 is 5.97 Å². The molecule has 0 bridgehead atoms. The molecule has 0 amide bonds. The van der Waals surface area contributed by atoms with Gasteiger partial charge in [-0.15, -0.1) is 5.57 Å². The van der Waals surface area contributed by atoms with E-state index in [4.69, 9.17) is 4.74 Å². The fraction of sp³-hybridized carbons (Fsp3) is 0.273. The molecule has 9 heteroatoms. The van der Waals surface area contributed by atoms with Crippen LogP contribution in [0.3, 0.4) is 0 Å². The quantitative estimate of drug-likeness (QED) is 0.0941. The van der Waals surface area contributed by atoms with E-state index >= 15 is 0 Å². The molecule has 0 atom stereocenters. The van der Waals surface area contributed by atoms with E-state index in [1.54, 1.807) is 63.5 Å². The second-order valence-corrected chi connectivity index (χ2v) is 8.47. The van der Waals surface area contributed by atoms with Crippen molar-refractivity contribution >= 4 is 24.0 Å². The van der Waals surface area contributed by atoms with E-state index in [0.717, 1.165) is 22.3 Å². The van der Waals surface area contributed by atoms with Gasteiger partial charge in [-0.05, 0) is 72.5 Å². The Labute approximate surface area is 295 Å².